The number of nitrogens with zero attached hydrogens (tertiary/aromatic N) is 4. The Hall–Kier alpha value is -4.49. The third kappa shape index (κ3) is 4.17. The van der Waals surface area contributed by atoms with Crippen LogP contribution in [0.1, 0.15) is 17.0 Å². The van der Waals surface area contributed by atoms with Crippen molar-refractivity contribution in [1.82, 2.24) is 4.90 Å². The van der Waals surface area contributed by atoms with Crippen molar-refractivity contribution in [2.75, 3.05) is 20.1 Å². The van der Waals surface area contributed by atoms with Gasteiger partial charge in [0, 0.05) is 42.9 Å². The van der Waals surface area contributed by atoms with Gasteiger partial charge in [-0.05, 0) is 29.8 Å². The molecule has 2 N–H and O–H groups in total. The van der Waals surface area contributed by atoms with Gasteiger partial charge < -0.3 is 10.5 Å². The number of hydrogen-bond donors (Lipinski definition) is 1. The van der Waals surface area contributed by atoms with E-state index in [0.717, 1.165) is 11.1 Å². The lowest BCUT2D eigenvalue weighted by molar-refractivity contribution is -0.385. The Morgan fingerprint density at radius 2 is 1.79 bits per heavy atom. The van der Waals surface area contributed by atoms with Crippen molar-refractivity contribution in [3.8, 4) is 6.07 Å². The molecule has 0 amide bonds. The number of non-ortho nitro benzene ring substituents is 2. The quantitative estimate of drug-likeness (QED) is 0.554. The summed E-state index contributed by atoms with van der Waals surface area (Å²) in [6.45, 7) is 0.936. The van der Waals surface area contributed by atoms with Crippen molar-refractivity contribution < 1.29 is 14.6 Å². The predicted octanol–water partition coefficient (Wildman–Crippen LogP) is 3.59. The minimum Gasteiger partial charge on any atom is -0.440 e. The Labute approximate surface area is 188 Å². The molecule has 2 aliphatic rings. The van der Waals surface area contributed by atoms with E-state index in [0.29, 0.717) is 30.0 Å². The predicted molar refractivity (Wildman–Crippen MR) is 119 cm³/mol. The molecule has 2 aromatic carbocycles. The average molecular weight is 445 g/mol. The third-order valence-corrected chi connectivity index (χ3v) is 5.54. The summed E-state index contributed by atoms with van der Waals surface area (Å²) in [6, 6.07) is 14.4. The van der Waals surface area contributed by atoms with Crippen LogP contribution in [0.15, 0.2) is 76.9 Å². The van der Waals surface area contributed by atoms with Crippen molar-refractivity contribution >= 4 is 17.5 Å². The van der Waals surface area contributed by atoms with Gasteiger partial charge in [-0.2, -0.15) is 5.26 Å². The number of nitro benzene ring substituents is 2. The van der Waals surface area contributed by atoms with E-state index in [2.05, 4.69) is 6.07 Å². The fourth-order valence-corrected chi connectivity index (χ4v) is 4.17. The fourth-order valence-electron chi connectivity index (χ4n) is 4.17. The molecule has 0 aromatic heterocycles. The molecule has 0 saturated carbocycles. The number of hydrogen-bond acceptors (Lipinski definition) is 8. The van der Waals surface area contributed by atoms with Crippen LogP contribution >= 0.6 is 0 Å². The first-order valence-corrected chi connectivity index (χ1v) is 9.97. The first kappa shape index (κ1) is 21.7. The second-order valence-corrected chi connectivity index (χ2v) is 7.83. The van der Waals surface area contributed by atoms with Gasteiger partial charge in [0.2, 0.25) is 5.88 Å². The van der Waals surface area contributed by atoms with E-state index in [1.807, 2.05) is 11.9 Å². The van der Waals surface area contributed by atoms with Crippen LogP contribution < -0.4 is 5.73 Å². The zero-order chi connectivity index (χ0) is 23.7. The van der Waals surface area contributed by atoms with Crippen molar-refractivity contribution in [2.24, 2.45) is 5.73 Å². The summed E-state index contributed by atoms with van der Waals surface area (Å²) in [4.78, 5) is 23.5. The summed E-state index contributed by atoms with van der Waals surface area (Å²) in [5, 5.41) is 32.3. The first-order valence-electron chi connectivity index (χ1n) is 9.97. The number of nitriles is 1. The van der Waals surface area contributed by atoms with E-state index < -0.39 is 15.8 Å². The van der Waals surface area contributed by atoms with Crippen LogP contribution in [-0.2, 0) is 4.74 Å². The van der Waals surface area contributed by atoms with Gasteiger partial charge in [-0.3, -0.25) is 25.1 Å². The molecule has 0 bridgehead atoms. The van der Waals surface area contributed by atoms with Crippen molar-refractivity contribution in [1.29, 1.82) is 5.26 Å². The Balaban J connectivity index is 1.87. The molecule has 0 radical (unpaired) electrons. The Kier molecular flexibility index (Phi) is 5.64. The van der Waals surface area contributed by atoms with Gasteiger partial charge >= 0.3 is 0 Å². The highest BCUT2D eigenvalue weighted by Crippen LogP contribution is 2.44. The second-order valence-electron chi connectivity index (χ2n) is 7.83. The molecule has 1 unspecified atom stereocenters. The normalized spacial score (nSPS) is 19.6. The van der Waals surface area contributed by atoms with Crippen molar-refractivity contribution in [3.05, 3.63) is 108 Å². The molecule has 0 aliphatic carbocycles. The number of allylic oxidation sites excluding steroid dienone is 1. The maximum absolute atomic E-state index is 11.3. The first-order chi connectivity index (χ1) is 15.8. The van der Waals surface area contributed by atoms with Gasteiger partial charge in [0.05, 0.1) is 15.8 Å². The van der Waals surface area contributed by atoms with Crippen LogP contribution in [0.3, 0.4) is 0 Å². The standard InChI is InChI=1S/C23H19N5O5/c1-26-12-16(8-14-4-2-6-17(9-14)27(29)30)22-20(13-26)21(19(11-24)23(25)33-22)15-5-3-7-18(10-15)28(31)32/h2-10,21H,12-13,25H2,1H3/b16-8+. The lowest BCUT2D eigenvalue weighted by atomic mass is 9.80. The zero-order valence-corrected chi connectivity index (χ0v) is 17.6. The molecule has 2 aliphatic heterocycles. The van der Waals surface area contributed by atoms with Gasteiger partial charge in [0.25, 0.3) is 11.4 Å². The zero-order valence-electron chi connectivity index (χ0n) is 17.6. The maximum atomic E-state index is 11.3. The smallest absolute Gasteiger partial charge is 0.270 e. The molecule has 10 nitrogen and oxygen atoms in total. The van der Waals surface area contributed by atoms with E-state index in [-0.39, 0.29) is 22.8 Å². The molecule has 2 heterocycles. The average Bonchev–Trinajstić information content (AvgIpc) is 2.79. The van der Waals surface area contributed by atoms with Gasteiger partial charge in [-0.25, -0.2) is 0 Å². The SMILES string of the molecule is CN1CC2=C(OC(N)=C(C#N)C2c2cccc([N+](=O)[O-])c2)/C(=C/c2cccc([N+](=O)[O-])c2)C1. The lowest BCUT2D eigenvalue weighted by Crippen LogP contribution is -2.35. The minimum absolute atomic E-state index is 0.0343. The molecule has 0 saturated heterocycles. The largest absolute Gasteiger partial charge is 0.440 e. The van der Waals surface area contributed by atoms with E-state index in [4.69, 9.17) is 10.5 Å². The second kappa shape index (κ2) is 8.57. The van der Waals surface area contributed by atoms with Crippen LogP contribution in [0.25, 0.3) is 6.08 Å². The third-order valence-electron chi connectivity index (χ3n) is 5.54. The minimum atomic E-state index is -0.616. The number of benzene rings is 2. The molecule has 0 spiro atoms. The number of likely N-dealkylation sites (N-methyl/N-ethyl adjacent to an activating group) is 1. The maximum Gasteiger partial charge on any atom is 0.270 e. The molecular formula is C23H19N5O5. The van der Waals surface area contributed by atoms with Gasteiger partial charge in [-0.15, -0.1) is 0 Å². The summed E-state index contributed by atoms with van der Waals surface area (Å²) in [5.74, 6) is -0.204. The number of nitrogens with two attached hydrogens (primary N) is 1. The molecule has 33 heavy (non-hydrogen) atoms. The molecular weight excluding hydrogens is 426 g/mol. The van der Waals surface area contributed by atoms with E-state index >= 15 is 0 Å². The molecule has 10 heteroatoms. The molecule has 4 rings (SSSR count). The Morgan fingerprint density at radius 1 is 1.12 bits per heavy atom. The number of nitro groups is 2. The van der Waals surface area contributed by atoms with Crippen LogP contribution in [-0.4, -0.2) is 34.9 Å². The number of rotatable bonds is 4. The van der Waals surface area contributed by atoms with E-state index in [1.54, 1.807) is 30.3 Å². The lowest BCUT2D eigenvalue weighted by Gasteiger charge is -2.36. The monoisotopic (exact) mass is 445 g/mol. The van der Waals surface area contributed by atoms with Crippen LogP contribution in [0.4, 0.5) is 11.4 Å². The molecule has 2 aromatic rings. The Morgan fingerprint density at radius 3 is 2.45 bits per heavy atom. The van der Waals surface area contributed by atoms with E-state index in [9.17, 15) is 25.5 Å². The highest BCUT2D eigenvalue weighted by Gasteiger charge is 2.37. The van der Waals surface area contributed by atoms with Crippen molar-refractivity contribution in [3.63, 3.8) is 0 Å². The highest BCUT2D eigenvalue weighted by molar-refractivity contribution is 5.64. The molecule has 1 atom stereocenters. The molecule has 166 valence electrons. The summed E-state index contributed by atoms with van der Waals surface area (Å²) in [7, 11) is 1.89. The van der Waals surface area contributed by atoms with Crippen LogP contribution in [0.5, 0.6) is 0 Å². The summed E-state index contributed by atoms with van der Waals surface area (Å²) in [5.41, 5.74) is 8.82. The van der Waals surface area contributed by atoms with Crippen LogP contribution in [0, 0.1) is 31.6 Å². The van der Waals surface area contributed by atoms with Gasteiger partial charge in [-0.1, -0.05) is 24.3 Å². The molecule has 0 fully saturated rings. The highest BCUT2D eigenvalue weighted by atomic mass is 16.6. The Bertz CT molecular complexity index is 1300. The van der Waals surface area contributed by atoms with Gasteiger partial charge in [0.1, 0.15) is 17.4 Å². The summed E-state index contributed by atoms with van der Waals surface area (Å²) >= 11 is 0. The summed E-state index contributed by atoms with van der Waals surface area (Å²) < 4.78 is 5.89. The van der Waals surface area contributed by atoms with Crippen LogP contribution in [0.2, 0.25) is 0 Å². The fraction of sp³-hybridized carbons (Fsp3) is 0.174. The number of ether oxygens (including phenoxy) is 1. The van der Waals surface area contributed by atoms with E-state index in [1.165, 1.54) is 24.3 Å². The van der Waals surface area contributed by atoms with Gasteiger partial charge in [0.15, 0.2) is 0 Å². The topological polar surface area (TPSA) is 149 Å². The van der Waals surface area contributed by atoms with Crippen molar-refractivity contribution in [2.45, 2.75) is 5.92 Å². The summed E-state index contributed by atoms with van der Waals surface area (Å²) in [6.07, 6.45) is 1.78.